The maximum absolute atomic E-state index is 11.6. The molecule has 0 saturated carbocycles. The minimum absolute atomic E-state index is 0.00254. The smallest absolute Gasteiger partial charge is 0.306 e. The first-order chi connectivity index (χ1) is 11.0. The second kappa shape index (κ2) is 12.9. The molecule has 0 fully saturated rings. The Bertz CT molecular complexity index is 369. The molecular formula is C15H27NO7. The van der Waals surface area contributed by atoms with Gasteiger partial charge in [0.2, 0.25) is 5.91 Å². The van der Waals surface area contributed by atoms with Crippen molar-refractivity contribution in [2.45, 2.75) is 38.6 Å². The number of nitrogens with one attached hydrogen (secondary N) is 1. The second-order valence-electron chi connectivity index (χ2n) is 4.72. The highest BCUT2D eigenvalue weighted by Crippen LogP contribution is 2.05. The fourth-order valence-corrected chi connectivity index (χ4v) is 1.45. The van der Waals surface area contributed by atoms with Crippen LogP contribution in [0.1, 0.15) is 26.2 Å². The SMILES string of the molecule is C=C(CNC(=O)CCC(=O)OCC(OC)OC(CC)CO)OC. The lowest BCUT2D eigenvalue weighted by molar-refractivity contribution is -0.194. The monoisotopic (exact) mass is 333 g/mol. The van der Waals surface area contributed by atoms with Crippen molar-refractivity contribution in [2.24, 2.45) is 0 Å². The highest BCUT2D eigenvalue weighted by Gasteiger charge is 2.17. The Hall–Kier alpha value is -1.64. The first-order valence-corrected chi connectivity index (χ1v) is 7.39. The molecule has 2 N–H and O–H groups in total. The van der Waals surface area contributed by atoms with E-state index in [0.29, 0.717) is 12.2 Å². The molecule has 0 bridgehead atoms. The predicted molar refractivity (Wildman–Crippen MR) is 82.4 cm³/mol. The molecule has 0 spiro atoms. The Labute approximate surface area is 136 Å². The second-order valence-corrected chi connectivity index (χ2v) is 4.72. The van der Waals surface area contributed by atoms with Gasteiger partial charge in [0.25, 0.3) is 0 Å². The zero-order chi connectivity index (χ0) is 17.7. The number of rotatable bonds is 13. The molecule has 1 amide bonds. The Balaban J connectivity index is 3.95. The van der Waals surface area contributed by atoms with Gasteiger partial charge in [-0.3, -0.25) is 9.59 Å². The summed E-state index contributed by atoms with van der Waals surface area (Å²) in [6.07, 6.45) is -0.577. The quantitative estimate of drug-likeness (QED) is 0.285. The maximum Gasteiger partial charge on any atom is 0.306 e. The van der Waals surface area contributed by atoms with Gasteiger partial charge in [-0.2, -0.15) is 0 Å². The summed E-state index contributed by atoms with van der Waals surface area (Å²) in [5.41, 5.74) is 0. The molecule has 0 aromatic carbocycles. The highest BCUT2D eigenvalue weighted by atomic mass is 16.7. The molecule has 134 valence electrons. The molecule has 0 aromatic rings. The maximum atomic E-state index is 11.6. The molecule has 0 aliphatic rings. The molecule has 2 atom stereocenters. The van der Waals surface area contributed by atoms with Gasteiger partial charge >= 0.3 is 5.97 Å². The van der Waals surface area contributed by atoms with Crippen LogP contribution in [0.15, 0.2) is 12.3 Å². The standard InChI is InChI=1S/C15H27NO7/c1-5-12(9-17)23-15(21-4)10-22-14(19)7-6-13(18)16-8-11(2)20-3/h12,15,17H,2,5-10H2,1,3-4H3,(H,16,18). The van der Waals surface area contributed by atoms with Gasteiger partial charge in [-0.1, -0.05) is 13.5 Å². The Morgan fingerprint density at radius 2 is 1.96 bits per heavy atom. The van der Waals surface area contributed by atoms with Crippen molar-refractivity contribution in [2.75, 3.05) is 34.0 Å². The lowest BCUT2D eigenvalue weighted by Crippen LogP contribution is -2.31. The van der Waals surface area contributed by atoms with Crippen LogP contribution in [-0.2, 0) is 28.5 Å². The summed E-state index contributed by atoms with van der Waals surface area (Å²) in [6, 6.07) is 0. The van der Waals surface area contributed by atoms with Crippen LogP contribution in [0.2, 0.25) is 0 Å². The van der Waals surface area contributed by atoms with Crippen LogP contribution in [0.25, 0.3) is 0 Å². The number of carbonyl (C=O) groups is 2. The number of aliphatic hydroxyl groups excluding tert-OH is 1. The number of carbonyl (C=O) groups excluding carboxylic acids is 2. The van der Waals surface area contributed by atoms with Crippen LogP contribution >= 0.6 is 0 Å². The average Bonchev–Trinajstić information content (AvgIpc) is 2.57. The Morgan fingerprint density at radius 3 is 2.48 bits per heavy atom. The van der Waals surface area contributed by atoms with Crippen LogP contribution < -0.4 is 5.32 Å². The fraction of sp³-hybridized carbons (Fsp3) is 0.733. The molecule has 0 saturated heterocycles. The predicted octanol–water partition coefficient (Wildman–Crippen LogP) is 0.346. The van der Waals surface area contributed by atoms with E-state index >= 15 is 0 Å². The minimum atomic E-state index is -0.755. The van der Waals surface area contributed by atoms with Crippen molar-refractivity contribution in [3.63, 3.8) is 0 Å². The number of ether oxygens (including phenoxy) is 4. The van der Waals surface area contributed by atoms with Crippen molar-refractivity contribution >= 4 is 11.9 Å². The van der Waals surface area contributed by atoms with Crippen LogP contribution in [0.3, 0.4) is 0 Å². The van der Waals surface area contributed by atoms with Gasteiger partial charge < -0.3 is 29.4 Å². The molecule has 8 heteroatoms. The van der Waals surface area contributed by atoms with Crippen molar-refractivity contribution < 1.29 is 33.6 Å². The van der Waals surface area contributed by atoms with Crippen LogP contribution in [0, 0.1) is 0 Å². The lowest BCUT2D eigenvalue weighted by Gasteiger charge is -2.21. The van der Waals surface area contributed by atoms with E-state index in [9.17, 15) is 9.59 Å². The molecule has 0 radical (unpaired) electrons. The summed E-state index contributed by atoms with van der Waals surface area (Å²) in [4.78, 5) is 23.1. The normalized spacial score (nSPS) is 13.0. The summed E-state index contributed by atoms with van der Waals surface area (Å²) >= 11 is 0. The summed E-state index contributed by atoms with van der Waals surface area (Å²) in [6.45, 7) is 5.37. The van der Waals surface area contributed by atoms with E-state index in [1.54, 1.807) is 0 Å². The molecule has 2 unspecified atom stereocenters. The van der Waals surface area contributed by atoms with E-state index in [-0.39, 0.29) is 44.6 Å². The number of hydrogen-bond acceptors (Lipinski definition) is 7. The Kier molecular flexibility index (Phi) is 11.9. The van der Waals surface area contributed by atoms with Gasteiger partial charge in [-0.25, -0.2) is 0 Å². The first kappa shape index (κ1) is 21.4. The summed E-state index contributed by atoms with van der Waals surface area (Å²) in [7, 11) is 2.87. The molecule has 0 aliphatic carbocycles. The van der Waals surface area contributed by atoms with E-state index in [2.05, 4.69) is 11.9 Å². The van der Waals surface area contributed by atoms with Crippen LogP contribution in [0.4, 0.5) is 0 Å². The topological polar surface area (TPSA) is 103 Å². The molecular weight excluding hydrogens is 306 g/mol. The van der Waals surface area contributed by atoms with Gasteiger partial charge in [0.1, 0.15) is 12.4 Å². The van der Waals surface area contributed by atoms with Gasteiger partial charge in [0.05, 0.1) is 32.8 Å². The largest absolute Gasteiger partial charge is 0.500 e. The lowest BCUT2D eigenvalue weighted by atomic mass is 10.3. The molecule has 0 rings (SSSR count). The molecule has 0 heterocycles. The van der Waals surface area contributed by atoms with E-state index in [1.165, 1.54) is 14.2 Å². The van der Waals surface area contributed by atoms with Crippen molar-refractivity contribution in [3.05, 3.63) is 12.3 Å². The third kappa shape index (κ3) is 10.7. The van der Waals surface area contributed by atoms with Gasteiger partial charge in [0, 0.05) is 13.5 Å². The van der Waals surface area contributed by atoms with E-state index in [0.717, 1.165) is 0 Å². The zero-order valence-corrected chi connectivity index (χ0v) is 14.0. The van der Waals surface area contributed by atoms with Crippen molar-refractivity contribution in [1.29, 1.82) is 0 Å². The third-order valence-electron chi connectivity index (χ3n) is 2.97. The molecule has 23 heavy (non-hydrogen) atoms. The molecule has 0 aliphatic heterocycles. The van der Waals surface area contributed by atoms with Crippen LogP contribution in [-0.4, -0.2) is 63.4 Å². The highest BCUT2D eigenvalue weighted by molar-refractivity contribution is 5.81. The van der Waals surface area contributed by atoms with Gasteiger partial charge in [-0.15, -0.1) is 0 Å². The minimum Gasteiger partial charge on any atom is -0.500 e. The molecule has 8 nitrogen and oxygen atoms in total. The van der Waals surface area contributed by atoms with Gasteiger partial charge in [-0.05, 0) is 6.42 Å². The summed E-state index contributed by atoms with van der Waals surface area (Å²) in [5, 5.41) is 11.6. The number of esters is 1. The van der Waals surface area contributed by atoms with E-state index < -0.39 is 12.3 Å². The third-order valence-corrected chi connectivity index (χ3v) is 2.97. The summed E-state index contributed by atoms with van der Waals surface area (Å²) in [5.74, 6) is -0.408. The van der Waals surface area contributed by atoms with Crippen molar-refractivity contribution in [3.8, 4) is 0 Å². The summed E-state index contributed by atoms with van der Waals surface area (Å²) < 4.78 is 20.2. The Morgan fingerprint density at radius 1 is 1.26 bits per heavy atom. The van der Waals surface area contributed by atoms with E-state index in [4.69, 9.17) is 24.1 Å². The number of hydrogen-bond donors (Lipinski definition) is 2. The van der Waals surface area contributed by atoms with Crippen LogP contribution in [0.5, 0.6) is 0 Å². The fourth-order valence-electron chi connectivity index (χ4n) is 1.45. The average molecular weight is 333 g/mol. The number of methoxy groups -OCH3 is 2. The molecule has 0 aromatic heterocycles. The number of amides is 1. The van der Waals surface area contributed by atoms with E-state index in [1.807, 2.05) is 6.92 Å². The zero-order valence-electron chi connectivity index (χ0n) is 14.0. The number of aliphatic hydroxyl groups is 1. The van der Waals surface area contributed by atoms with Gasteiger partial charge in [0.15, 0.2) is 6.29 Å². The van der Waals surface area contributed by atoms with Crippen molar-refractivity contribution in [1.82, 2.24) is 5.32 Å². The first-order valence-electron chi connectivity index (χ1n) is 7.39.